The molecule has 0 unspecified atom stereocenters. The van der Waals surface area contributed by atoms with E-state index < -0.39 is 11.8 Å². The van der Waals surface area contributed by atoms with E-state index in [4.69, 9.17) is 4.74 Å². The Balaban J connectivity index is 1.99. The normalized spacial score (nSPS) is 10.6. The van der Waals surface area contributed by atoms with Gasteiger partial charge in [0, 0.05) is 0 Å². The van der Waals surface area contributed by atoms with Crippen LogP contribution in [0.2, 0.25) is 0 Å². The summed E-state index contributed by atoms with van der Waals surface area (Å²) in [6.07, 6.45) is 6.56. The summed E-state index contributed by atoms with van der Waals surface area (Å²) in [5, 5.41) is 19.8. The number of unbranched alkanes of at least 4 members (excludes halogenated alkanes) is 5. The predicted molar refractivity (Wildman–Crippen MR) is 103 cm³/mol. The number of hydrogen-bond acceptors (Lipinski definition) is 5. The molecule has 0 aliphatic carbocycles. The summed E-state index contributed by atoms with van der Waals surface area (Å²) in [7, 11) is 0. The van der Waals surface area contributed by atoms with Gasteiger partial charge in [0.1, 0.15) is 11.5 Å². The van der Waals surface area contributed by atoms with Gasteiger partial charge in [-0.05, 0) is 36.8 Å². The van der Waals surface area contributed by atoms with Crippen molar-refractivity contribution in [1.82, 2.24) is 0 Å². The molecule has 5 nitrogen and oxygen atoms in total. The third-order valence-corrected chi connectivity index (χ3v) is 4.36. The van der Waals surface area contributed by atoms with E-state index in [2.05, 4.69) is 6.92 Å². The lowest BCUT2D eigenvalue weighted by Crippen LogP contribution is -2.09. The van der Waals surface area contributed by atoms with Gasteiger partial charge in [-0.25, -0.2) is 4.79 Å². The Labute approximate surface area is 159 Å². The molecule has 0 aromatic heterocycles. The first-order valence-electron chi connectivity index (χ1n) is 9.37. The molecule has 144 valence electrons. The molecule has 0 bridgehead atoms. The molecule has 0 spiro atoms. The van der Waals surface area contributed by atoms with Gasteiger partial charge in [0.05, 0.1) is 23.3 Å². The Morgan fingerprint density at radius 3 is 2.26 bits per heavy atom. The van der Waals surface area contributed by atoms with E-state index in [-0.39, 0.29) is 28.2 Å². The highest BCUT2D eigenvalue weighted by Gasteiger charge is 2.19. The number of ketones is 1. The highest BCUT2D eigenvalue weighted by Crippen LogP contribution is 2.26. The lowest BCUT2D eigenvalue weighted by Gasteiger charge is -2.09. The molecule has 27 heavy (non-hydrogen) atoms. The molecule has 0 fully saturated rings. The largest absolute Gasteiger partial charge is 0.507 e. The first-order chi connectivity index (χ1) is 13.0. The van der Waals surface area contributed by atoms with Crippen molar-refractivity contribution in [2.24, 2.45) is 0 Å². The molecule has 2 N–H and O–H groups in total. The van der Waals surface area contributed by atoms with Crippen molar-refractivity contribution < 1.29 is 24.5 Å². The Morgan fingerprint density at radius 1 is 0.852 bits per heavy atom. The summed E-state index contributed by atoms with van der Waals surface area (Å²) < 4.78 is 5.26. The molecule has 0 aliphatic heterocycles. The lowest BCUT2D eigenvalue weighted by atomic mass is 9.99. The van der Waals surface area contributed by atoms with E-state index >= 15 is 0 Å². The topological polar surface area (TPSA) is 83.8 Å². The van der Waals surface area contributed by atoms with Crippen LogP contribution in [0, 0.1) is 0 Å². The molecule has 5 heteroatoms. The number of carbonyl (C=O) groups is 2. The molecule has 0 aliphatic rings. The molecule has 0 heterocycles. The fraction of sp³-hybridized carbons (Fsp3) is 0.364. The number of phenolic OH excluding ortho intramolecular Hbond substituents is 2. The van der Waals surface area contributed by atoms with Gasteiger partial charge in [-0.2, -0.15) is 0 Å². The van der Waals surface area contributed by atoms with Crippen LogP contribution in [0.25, 0.3) is 0 Å². The quantitative estimate of drug-likeness (QED) is 0.355. The zero-order chi connectivity index (χ0) is 19.6. The van der Waals surface area contributed by atoms with Crippen molar-refractivity contribution in [3.63, 3.8) is 0 Å². The number of phenols is 2. The van der Waals surface area contributed by atoms with Crippen LogP contribution in [0.3, 0.4) is 0 Å². The van der Waals surface area contributed by atoms with Crippen LogP contribution in [0.1, 0.15) is 71.7 Å². The fourth-order valence-corrected chi connectivity index (χ4v) is 2.79. The molecular weight excluding hydrogens is 344 g/mol. The Hall–Kier alpha value is -2.82. The smallest absolute Gasteiger partial charge is 0.338 e. The second-order valence-corrected chi connectivity index (χ2v) is 6.48. The van der Waals surface area contributed by atoms with E-state index in [9.17, 15) is 19.8 Å². The van der Waals surface area contributed by atoms with E-state index in [0.717, 1.165) is 19.3 Å². The predicted octanol–water partition coefficient (Wildman–Crippen LogP) is 4.85. The Bertz CT molecular complexity index is 782. The SMILES string of the molecule is CCCCCCCCOC(=O)c1ccc(O)c(C(=O)c2ccccc2O)c1. The summed E-state index contributed by atoms with van der Waals surface area (Å²) in [5.74, 6) is -1.53. The van der Waals surface area contributed by atoms with E-state index in [1.165, 1.54) is 49.6 Å². The molecule has 0 atom stereocenters. The molecule has 2 aromatic rings. The van der Waals surface area contributed by atoms with Crippen LogP contribution in [0.15, 0.2) is 42.5 Å². The molecule has 2 rings (SSSR count). The lowest BCUT2D eigenvalue weighted by molar-refractivity contribution is 0.0497. The minimum atomic E-state index is -0.559. The number of ether oxygens (including phenoxy) is 1. The highest BCUT2D eigenvalue weighted by molar-refractivity contribution is 6.13. The van der Waals surface area contributed by atoms with Crippen molar-refractivity contribution in [2.45, 2.75) is 45.4 Å². The monoisotopic (exact) mass is 370 g/mol. The highest BCUT2D eigenvalue weighted by atomic mass is 16.5. The van der Waals surface area contributed by atoms with Gasteiger partial charge < -0.3 is 14.9 Å². The Kier molecular flexibility index (Phi) is 7.86. The maximum Gasteiger partial charge on any atom is 0.338 e. The van der Waals surface area contributed by atoms with Gasteiger partial charge >= 0.3 is 5.97 Å². The summed E-state index contributed by atoms with van der Waals surface area (Å²) >= 11 is 0. The number of aromatic hydroxyl groups is 2. The second kappa shape index (κ2) is 10.4. The number of rotatable bonds is 10. The molecule has 0 saturated carbocycles. The summed E-state index contributed by atoms with van der Waals surface area (Å²) in [4.78, 5) is 24.8. The second-order valence-electron chi connectivity index (χ2n) is 6.48. The van der Waals surface area contributed by atoms with Gasteiger partial charge in [0.15, 0.2) is 5.78 Å². The summed E-state index contributed by atoms with van der Waals surface area (Å²) in [5.41, 5.74) is 0.202. The van der Waals surface area contributed by atoms with Crippen molar-refractivity contribution in [1.29, 1.82) is 0 Å². The molecule has 2 aromatic carbocycles. The standard InChI is InChI=1S/C22H26O5/c1-2-3-4-5-6-9-14-27-22(26)16-12-13-20(24)18(15-16)21(25)17-10-7-8-11-19(17)23/h7-8,10-13,15,23-24H,2-6,9,14H2,1H3. The van der Waals surface area contributed by atoms with Crippen molar-refractivity contribution >= 4 is 11.8 Å². The number of esters is 1. The molecule has 0 saturated heterocycles. The average molecular weight is 370 g/mol. The molecule has 0 amide bonds. The zero-order valence-electron chi connectivity index (χ0n) is 15.6. The number of benzene rings is 2. The molecular formula is C22H26O5. The first kappa shape index (κ1) is 20.5. The van der Waals surface area contributed by atoms with Crippen LogP contribution in [-0.4, -0.2) is 28.6 Å². The van der Waals surface area contributed by atoms with Crippen molar-refractivity contribution in [2.75, 3.05) is 6.61 Å². The van der Waals surface area contributed by atoms with Crippen LogP contribution in [0.5, 0.6) is 11.5 Å². The summed E-state index contributed by atoms with van der Waals surface area (Å²) in [6.45, 7) is 2.49. The maximum atomic E-state index is 12.6. The van der Waals surface area contributed by atoms with Crippen LogP contribution in [-0.2, 0) is 4.74 Å². The summed E-state index contributed by atoms with van der Waals surface area (Å²) in [6, 6.07) is 10.1. The third-order valence-electron chi connectivity index (χ3n) is 4.36. The van der Waals surface area contributed by atoms with Gasteiger partial charge in [-0.15, -0.1) is 0 Å². The van der Waals surface area contributed by atoms with E-state index in [1.807, 2.05) is 0 Å². The average Bonchev–Trinajstić information content (AvgIpc) is 2.67. The minimum Gasteiger partial charge on any atom is -0.507 e. The van der Waals surface area contributed by atoms with E-state index in [0.29, 0.717) is 6.61 Å². The number of para-hydroxylation sites is 1. The van der Waals surface area contributed by atoms with Gasteiger partial charge in [-0.1, -0.05) is 51.2 Å². The van der Waals surface area contributed by atoms with Crippen molar-refractivity contribution in [3.8, 4) is 11.5 Å². The first-order valence-corrected chi connectivity index (χ1v) is 9.37. The number of carbonyl (C=O) groups excluding carboxylic acids is 2. The minimum absolute atomic E-state index is 0.0504. The van der Waals surface area contributed by atoms with Crippen molar-refractivity contribution in [3.05, 3.63) is 59.2 Å². The number of hydrogen-bond donors (Lipinski definition) is 2. The molecule has 0 radical (unpaired) electrons. The van der Waals surface area contributed by atoms with Crippen LogP contribution >= 0.6 is 0 Å². The third kappa shape index (κ3) is 5.84. The van der Waals surface area contributed by atoms with E-state index in [1.54, 1.807) is 12.1 Å². The van der Waals surface area contributed by atoms with Crippen LogP contribution < -0.4 is 0 Å². The Morgan fingerprint density at radius 2 is 1.52 bits per heavy atom. The maximum absolute atomic E-state index is 12.6. The van der Waals surface area contributed by atoms with Crippen LogP contribution in [0.4, 0.5) is 0 Å². The van der Waals surface area contributed by atoms with Gasteiger partial charge in [0.2, 0.25) is 0 Å². The van der Waals surface area contributed by atoms with Gasteiger partial charge in [-0.3, -0.25) is 4.79 Å². The van der Waals surface area contributed by atoms with Gasteiger partial charge in [0.25, 0.3) is 0 Å². The fourth-order valence-electron chi connectivity index (χ4n) is 2.79. The zero-order valence-corrected chi connectivity index (χ0v) is 15.6.